The average Bonchev–Trinajstić information content (AvgIpc) is 2.14. The Labute approximate surface area is 92.8 Å². The first-order valence-corrected chi connectivity index (χ1v) is 4.52. The van der Waals surface area contributed by atoms with Crippen LogP contribution in [0.2, 0.25) is 0 Å². The Kier molecular flexibility index (Phi) is 4.84. The summed E-state index contributed by atoms with van der Waals surface area (Å²) in [5.41, 5.74) is 0. The molecule has 9 heteroatoms. The van der Waals surface area contributed by atoms with Crippen LogP contribution in [-0.4, -0.2) is 35.1 Å². The van der Waals surface area contributed by atoms with Crippen molar-refractivity contribution in [3.05, 3.63) is 0 Å². The van der Waals surface area contributed by atoms with Crippen LogP contribution in [0.3, 0.4) is 0 Å². The molecule has 0 aromatic rings. The fourth-order valence-electron chi connectivity index (χ4n) is 0.924. The lowest BCUT2D eigenvalue weighted by Gasteiger charge is -2.21. The van der Waals surface area contributed by atoms with Gasteiger partial charge in [0.05, 0.1) is 0 Å². The zero-order chi connectivity index (χ0) is 13.9. The molecule has 0 aliphatic rings. The Hall–Kier alpha value is -1.41. The lowest BCUT2D eigenvalue weighted by molar-refractivity contribution is -0.270. The van der Waals surface area contributed by atoms with E-state index in [0.717, 1.165) is 5.32 Å². The molecule has 0 fully saturated rings. The summed E-state index contributed by atoms with van der Waals surface area (Å²) >= 11 is 0. The molecule has 1 atom stereocenters. The van der Waals surface area contributed by atoms with E-state index in [1.54, 1.807) is 0 Å². The van der Waals surface area contributed by atoms with E-state index < -0.39 is 30.0 Å². The zero-order valence-corrected chi connectivity index (χ0v) is 8.65. The number of halogens is 5. The van der Waals surface area contributed by atoms with Crippen LogP contribution in [0, 0.1) is 0 Å². The Balaban J connectivity index is 4.78. The Morgan fingerprint density at radius 1 is 1.24 bits per heavy atom. The van der Waals surface area contributed by atoms with E-state index in [0.29, 0.717) is 0 Å². The summed E-state index contributed by atoms with van der Waals surface area (Å²) in [6.45, 7) is 1.49. The van der Waals surface area contributed by atoms with Crippen molar-refractivity contribution in [2.24, 2.45) is 0 Å². The number of carbonyl (C=O) groups excluding carboxylic acids is 1. The van der Waals surface area contributed by atoms with Crippen LogP contribution in [0.25, 0.3) is 0 Å². The molecule has 0 aromatic heterocycles. The van der Waals surface area contributed by atoms with Crippen LogP contribution in [0.4, 0.5) is 22.0 Å². The van der Waals surface area contributed by atoms with E-state index in [2.05, 4.69) is 0 Å². The van der Waals surface area contributed by atoms with Gasteiger partial charge in [0.2, 0.25) is 0 Å². The maximum atomic E-state index is 12.5. The molecular formula is C8H10F5NO3. The predicted molar refractivity (Wildman–Crippen MR) is 45.5 cm³/mol. The summed E-state index contributed by atoms with van der Waals surface area (Å²) in [5.74, 6) is -9.93. The first-order chi connectivity index (χ1) is 7.54. The van der Waals surface area contributed by atoms with Crippen molar-refractivity contribution in [1.82, 2.24) is 5.32 Å². The second kappa shape index (κ2) is 5.28. The Morgan fingerprint density at radius 2 is 1.71 bits per heavy atom. The Morgan fingerprint density at radius 3 is 2.00 bits per heavy atom. The van der Waals surface area contributed by atoms with E-state index >= 15 is 0 Å². The van der Waals surface area contributed by atoms with Gasteiger partial charge < -0.3 is 10.4 Å². The molecule has 100 valence electrons. The molecule has 0 saturated heterocycles. The molecule has 1 amide bonds. The van der Waals surface area contributed by atoms with Crippen LogP contribution >= 0.6 is 0 Å². The summed E-state index contributed by atoms with van der Waals surface area (Å²) in [5, 5.41) is 9.64. The monoisotopic (exact) mass is 263 g/mol. The van der Waals surface area contributed by atoms with E-state index in [9.17, 15) is 31.5 Å². The summed E-state index contributed by atoms with van der Waals surface area (Å²) in [6, 6.07) is -1.76. The molecule has 0 aliphatic carbocycles. The highest BCUT2D eigenvalue weighted by Gasteiger charge is 2.63. The van der Waals surface area contributed by atoms with Gasteiger partial charge in [0.1, 0.15) is 6.04 Å². The molecule has 2 N–H and O–H groups in total. The molecule has 17 heavy (non-hydrogen) atoms. The lowest BCUT2D eigenvalue weighted by atomic mass is 10.1. The van der Waals surface area contributed by atoms with Gasteiger partial charge in [-0.25, -0.2) is 4.79 Å². The molecule has 0 rings (SSSR count). The molecule has 4 nitrogen and oxygen atoms in total. The van der Waals surface area contributed by atoms with Crippen molar-refractivity contribution >= 4 is 11.9 Å². The van der Waals surface area contributed by atoms with Gasteiger partial charge in [-0.1, -0.05) is 13.3 Å². The normalized spacial score (nSPS) is 14.2. The number of alkyl halides is 5. The van der Waals surface area contributed by atoms with Gasteiger partial charge in [0, 0.05) is 0 Å². The number of carboxylic acids is 1. The topological polar surface area (TPSA) is 66.4 Å². The second-order valence-corrected chi connectivity index (χ2v) is 3.23. The summed E-state index contributed by atoms with van der Waals surface area (Å²) in [6.07, 6.45) is -6.09. The highest BCUT2D eigenvalue weighted by Crippen LogP contribution is 2.35. The molecule has 0 bridgehead atoms. The minimum absolute atomic E-state index is 0.203. The van der Waals surface area contributed by atoms with E-state index in [-0.39, 0.29) is 12.8 Å². The van der Waals surface area contributed by atoms with Gasteiger partial charge in [-0.05, 0) is 6.42 Å². The summed E-state index contributed by atoms with van der Waals surface area (Å²) in [4.78, 5) is 21.1. The fourth-order valence-corrected chi connectivity index (χ4v) is 0.924. The molecule has 0 saturated carbocycles. The highest BCUT2D eigenvalue weighted by atomic mass is 19.4. The third kappa shape index (κ3) is 3.82. The third-order valence-corrected chi connectivity index (χ3v) is 1.82. The van der Waals surface area contributed by atoms with Gasteiger partial charge in [-0.15, -0.1) is 0 Å². The first kappa shape index (κ1) is 15.6. The Bertz CT molecular complexity index is 302. The molecule has 0 aliphatic heterocycles. The van der Waals surface area contributed by atoms with Crippen molar-refractivity contribution in [2.75, 3.05) is 0 Å². The summed E-state index contributed by atoms with van der Waals surface area (Å²) in [7, 11) is 0. The van der Waals surface area contributed by atoms with Gasteiger partial charge in [-0.3, -0.25) is 4.79 Å². The number of hydrogen-bond donors (Lipinski definition) is 2. The van der Waals surface area contributed by atoms with Crippen molar-refractivity contribution in [1.29, 1.82) is 0 Å². The van der Waals surface area contributed by atoms with Crippen LogP contribution in [0.1, 0.15) is 19.8 Å². The predicted octanol–water partition coefficient (Wildman–Crippen LogP) is 1.55. The first-order valence-electron chi connectivity index (χ1n) is 4.52. The molecule has 0 unspecified atom stereocenters. The fraction of sp³-hybridized carbons (Fsp3) is 0.750. The van der Waals surface area contributed by atoms with E-state index in [1.165, 1.54) is 6.92 Å². The van der Waals surface area contributed by atoms with Crippen LogP contribution < -0.4 is 5.32 Å². The molecule has 0 heterocycles. The van der Waals surface area contributed by atoms with Gasteiger partial charge >= 0.3 is 24.0 Å². The molecular weight excluding hydrogens is 253 g/mol. The second-order valence-electron chi connectivity index (χ2n) is 3.23. The maximum absolute atomic E-state index is 12.5. The van der Waals surface area contributed by atoms with E-state index in [4.69, 9.17) is 5.11 Å². The number of carbonyl (C=O) groups is 2. The number of amides is 1. The zero-order valence-electron chi connectivity index (χ0n) is 8.65. The quantitative estimate of drug-likeness (QED) is 0.739. The van der Waals surface area contributed by atoms with Crippen LogP contribution in [0.15, 0.2) is 0 Å². The van der Waals surface area contributed by atoms with Crippen molar-refractivity contribution in [3.8, 4) is 0 Å². The van der Waals surface area contributed by atoms with Crippen molar-refractivity contribution < 1.29 is 36.6 Å². The lowest BCUT2D eigenvalue weighted by Crippen LogP contribution is -2.54. The minimum atomic E-state index is -6.05. The van der Waals surface area contributed by atoms with Crippen molar-refractivity contribution in [2.45, 2.75) is 37.9 Å². The van der Waals surface area contributed by atoms with E-state index in [1.807, 2.05) is 0 Å². The summed E-state index contributed by atoms with van der Waals surface area (Å²) < 4.78 is 60.2. The number of carboxylic acid groups (broad SMARTS) is 1. The van der Waals surface area contributed by atoms with Gasteiger partial charge in [-0.2, -0.15) is 22.0 Å². The maximum Gasteiger partial charge on any atom is 0.463 e. The third-order valence-electron chi connectivity index (χ3n) is 1.82. The number of hydrogen-bond acceptors (Lipinski definition) is 2. The minimum Gasteiger partial charge on any atom is -0.480 e. The number of nitrogens with one attached hydrogen (secondary N) is 1. The highest BCUT2D eigenvalue weighted by molar-refractivity contribution is 5.88. The van der Waals surface area contributed by atoms with Crippen LogP contribution in [-0.2, 0) is 9.59 Å². The van der Waals surface area contributed by atoms with Crippen LogP contribution in [0.5, 0.6) is 0 Å². The SMILES string of the molecule is CCC[C@@H](NC(=O)C(F)(F)C(F)(F)F)C(=O)O. The smallest absolute Gasteiger partial charge is 0.463 e. The standard InChI is InChI=1S/C8H10F5NO3/c1-2-3-4(5(15)16)14-6(17)7(9,10)8(11,12)13/h4H,2-3H2,1H3,(H,14,17)(H,15,16)/t4-/m1/s1. The molecule has 0 radical (unpaired) electrons. The number of aliphatic carboxylic acids is 1. The molecule has 0 aromatic carbocycles. The molecule has 0 spiro atoms. The van der Waals surface area contributed by atoms with Crippen molar-refractivity contribution in [3.63, 3.8) is 0 Å². The van der Waals surface area contributed by atoms with Gasteiger partial charge in [0.25, 0.3) is 0 Å². The largest absolute Gasteiger partial charge is 0.480 e. The average molecular weight is 263 g/mol. The van der Waals surface area contributed by atoms with Gasteiger partial charge in [0.15, 0.2) is 0 Å². The number of rotatable bonds is 5.